The highest BCUT2D eigenvalue weighted by Crippen LogP contribution is 2.31. The minimum absolute atomic E-state index is 0.0154. The Morgan fingerprint density at radius 1 is 0.879 bits per heavy atom. The molecule has 0 aliphatic carbocycles. The largest absolute Gasteiger partial charge is 0.370 e. The Morgan fingerprint density at radius 3 is 2.31 bits per heavy atom. The number of halogens is 3. The molecule has 4 aromatic carbocycles. The van der Waals surface area contributed by atoms with Gasteiger partial charge in [-0.15, -0.1) is 0 Å². The number of carbonyl (C=O) groups is 3. The number of anilines is 1. The van der Waals surface area contributed by atoms with E-state index >= 15 is 0 Å². The zero-order chi connectivity index (χ0) is 41.0. The number of rotatable bonds is 17. The SMILES string of the molecule is NC(N)=NCCCC(NC(=O)CN(Cc1ccc(F)cc1)C(=O)Nc1ccc2c(CN3CCCC3)cn(Cc3c(Cl)cccc3Cl)c2c1)C(=O)NCc1ccccc1. The average Bonchev–Trinajstić information content (AvgIpc) is 3.85. The molecule has 15 heteroatoms. The first-order valence-corrected chi connectivity index (χ1v) is 20.0. The summed E-state index contributed by atoms with van der Waals surface area (Å²) in [4.78, 5) is 48.9. The van der Waals surface area contributed by atoms with Gasteiger partial charge in [-0.2, -0.15) is 0 Å². The number of fused-ring (bicyclic) bond motifs is 1. The lowest BCUT2D eigenvalue weighted by atomic mass is 10.1. The van der Waals surface area contributed by atoms with Crippen LogP contribution in [0.1, 0.15) is 47.9 Å². The highest BCUT2D eigenvalue weighted by atomic mass is 35.5. The summed E-state index contributed by atoms with van der Waals surface area (Å²) in [7, 11) is 0. The molecule has 1 saturated heterocycles. The summed E-state index contributed by atoms with van der Waals surface area (Å²) in [6.07, 6.45) is 5.10. The van der Waals surface area contributed by atoms with Crippen LogP contribution in [-0.4, -0.2) is 70.4 Å². The van der Waals surface area contributed by atoms with E-state index in [2.05, 4.69) is 36.6 Å². The molecule has 0 saturated carbocycles. The summed E-state index contributed by atoms with van der Waals surface area (Å²) in [5, 5.41) is 10.8. The van der Waals surface area contributed by atoms with Crippen LogP contribution >= 0.6 is 23.2 Å². The number of nitrogens with zero attached hydrogens (tertiary/aromatic N) is 4. The van der Waals surface area contributed by atoms with Crippen LogP contribution in [0, 0.1) is 5.82 Å². The van der Waals surface area contributed by atoms with Crippen LogP contribution < -0.4 is 27.4 Å². The summed E-state index contributed by atoms with van der Waals surface area (Å²) >= 11 is 13.2. The van der Waals surface area contributed by atoms with Gasteiger partial charge in [0.25, 0.3) is 0 Å². The van der Waals surface area contributed by atoms with Gasteiger partial charge in [0.15, 0.2) is 5.96 Å². The number of hydrogen-bond acceptors (Lipinski definition) is 5. The fourth-order valence-electron chi connectivity index (χ4n) is 7.04. The highest BCUT2D eigenvalue weighted by molar-refractivity contribution is 6.36. The Balaban J connectivity index is 1.23. The van der Waals surface area contributed by atoms with E-state index in [9.17, 15) is 18.8 Å². The van der Waals surface area contributed by atoms with E-state index in [0.717, 1.165) is 60.1 Å². The molecule has 1 unspecified atom stereocenters. The van der Waals surface area contributed by atoms with Crippen LogP contribution in [0.2, 0.25) is 10.0 Å². The Hall–Kier alpha value is -5.63. The maximum absolute atomic E-state index is 14.1. The molecule has 1 fully saturated rings. The summed E-state index contributed by atoms with van der Waals surface area (Å²) < 4.78 is 16.0. The van der Waals surface area contributed by atoms with Crippen molar-refractivity contribution in [3.05, 3.63) is 135 Å². The van der Waals surface area contributed by atoms with Crippen LogP contribution in [0.4, 0.5) is 14.9 Å². The van der Waals surface area contributed by atoms with Crippen molar-refractivity contribution in [3.8, 4) is 0 Å². The minimum atomic E-state index is -0.933. The van der Waals surface area contributed by atoms with Gasteiger partial charge in [0.2, 0.25) is 11.8 Å². The number of carbonyl (C=O) groups excluding carboxylic acids is 3. The van der Waals surface area contributed by atoms with E-state index < -0.39 is 36.2 Å². The van der Waals surface area contributed by atoms with Crippen LogP contribution in [-0.2, 0) is 35.8 Å². The minimum Gasteiger partial charge on any atom is -0.370 e. The van der Waals surface area contributed by atoms with Crippen molar-refractivity contribution in [2.75, 3.05) is 31.5 Å². The van der Waals surface area contributed by atoms with Gasteiger partial charge in [-0.3, -0.25) is 19.5 Å². The van der Waals surface area contributed by atoms with Crippen LogP contribution in [0.15, 0.2) is 102 Å². The molecule has 12 nitrogen and oxygen atoms in total. The molecule has 0 radical (unpaired) electrons. The molecule has 1 aromatic heterocycles. The summed E-state index contributed by atoms with van der Waals surface area (Å²) in [6.45, 7) is 3.37. The lowest BCUT2D eigenvalue weighted by Gasteiger charge is -2.25. The molecular weight excluding hydrogens is 780 g/mol. The van der Waals surface area contributed by atoms with Gasteiger partial charge in [0, 0.05) is 59.1 Å². The third-order valence-electron chi connectivity index (χ3n) is 10.0. The fourth-order valence-corrected chi connectivity index (χ4v) is 7.56. The molecule has 6 rings (SSSR count). The van der Waals surface area contributed by atoms with E-state index in [0.29, 0.717) is 34.3 Å². The van der Waals surface area contributed by atoms with Gasteiger partial charge in [-0.05, 0) is 91.9 Å². The average molecular weight is 829 g/mol. The number of urea groups is 1. The molecule has 1 aliphatic heterocycles. The lowest BCUT2D eigenvalue weighted by molar-refractivity contribution is -0.129. The predicted molar refractivity (Wildman–Crippen MR) is 228 cm³/mol. The molecule has 5 aromatic rings. The number of hydrogen-bond donors (Lipinski definition) is 5. The van der Waals surface area contributed by atoms with Gasteiger partial charge >= 0.3 is 6.03 Å². The van der Waals surface area contributed by atoms with Crippen molar-refractivity contribution >= 4 is 63.6 Å². The van der Waals surface area contributed by atoms with Gasteiger partial charge < -0.3 is 36.9 Å². The molecule has 1 aliphatic rings. The molecule has 58 heavy (non-hydrogen) atoms. The first kappa shape index (κ1) is 42.0. The fraction of sp³-hybridized carbons (Fsp3) is 0.302. The molecule has 2 heterocycles. The first-order chi connectivity index (χ1) is 28.0. The lowest BCUT2D eigenvalue weighted by Crippen LogP contribution is -2.50. The second kappa shape index (κ2) is 20.2. The standard InChI is InChI=1S/C43H48Cl2FN9O3/c44-36-10-6-11-37(45)35(36)27-54-26-31(25-53-20-4-5-21-53)34-18-17-33(22-39(34)54)51-43(58)55(24-30-13-15-32(46)16-14-30)28-40(56)52-38(12-7-19-49-42(47)48)41(57)50-23-29-8-2-1-3-9-29/h1-3,6,8-11,13-18,22,26,38H,4-5,7,12,19-21,23-25,27-28H2,(H,50,57)(H,51,58)(H,52,56)(H4,47,48,49). The monoisotopic (exact) mass is 827 g/mol. The van der Waals surface area contributed by atoms with Crippen molar-refractivity contribution in [3.63, 3.8) is 0 Å². The zero-order valence-electron chi connectivity index (χ0n) is 32.1. The normalized spacial score (nSPS) is 13.2. The van der Waals surface area contributed by atoms with Gasteiger partial charge in [0.1, 0.15) is 18.4 Å². The second-order valence-corrected chi connectivity index (χ2v) is 15.2. The maximum Gasteiger partial charge on any atom is 0.322 e. The van der Waals surface area contributed by atoms with Crippen LogP contribution in [0.5, 0.6) is 0 Å². The summed E-state index contributed by atoms with van der Waals surface area (Å²) in [6, 6.07) is 24.7. The van der Waals surface area contributed by atoms with Gasteiger partial charge in [-0.1, -0.05) is 77.8 Å². The molecular formula is C43H48Cl2FN9O3. The van der Waals surface area contributed by atoms with E-state index in [1.165, 1.54) is 17.0 Å². The van der Waals surface area contributed by atoms with E-state index in [-0.39, 0.29) is 32.0 Å². The van der Waals surface area contributed by atoms with Crippen LogP contribution in [0.3, 0.4) is 0 Å². The molecule has 0 spiro atoms. The van der Waals surface area contributed by atoms with E-state index in [4.69, 9.17) is 34.7 Å². The number of nitrogens with one attached hydrogen (secondary N) is 3. The quantitative estimate of drug-likeness (QED) is 0.0402. The number of aliphatic imine (C=N–C) groups is 1. The molecule has 7 N–H and O–H groups in total. The Bertz CT molecular complexity index is 2200. The van der Waals surface area contributed by atoms with Gasteiger partial charge in [0.05, 0.1) is 12.1 Å². The maximum atomic E-state index is 14.1. The topological polar surface area (TPSA) is 163 Å². The Labute approximate surface area is 347 Å². The number of benzene rings is 4. The van der Waals surface area contributed by atoms with Gasteiger partial charge in [-0.25, -0.2) is 9.18 Å². The summed E-state index contributed by atoms with van der Waals surface area (Å²) in [5.74, 6) is -1.46. The number of guanidine groups is 1. The number of aromatic nitrogens is 1. The summed E-state index contributed by atoms with van der Waals surface area (Å²) in [5.41, 5.74) is 15.8. The highest BCUT2D eigenvalue weighted by Gasteiger charge is 2.25. The Kier molecular flexibility index (Phi) is 14.6. The molecule has 0 bridgehead atoms. The second-order valence-electron chi connectivity index (χ2n) is 14.4. The van der Waals surface area contributed by atoms with Crippen molar-refractivity contribution < 1.29 is 18.8 Å². The van der Waals surface area contributed by atoms with Crippen molar-refractivity contribution in [1.82, 2.24) is 25.0 Å². The van der Waals surface area contributed by atoms with Crippen molar-refractivity contribution in [2.45, 2.75) is 57.9 Å². The van der Waals surface area contributed by atoms with Crippen LogP contribution in [0.25, 0.3) is 10.9 Å². The molecule has 304 valence electrons. The Morgan fingerprint density at radius 2 is 1.60 bits per heavy atom. The third-order valence-corrected chi connectivity index (χ3v) is 10.7. The third kappa shape index (κ3) is 11.7. The van der Waals surface area contributed by atoms with Crippen molar-refractivity contribution in [2.24, 2.45) is 16.5 Å². The first-order valence-electron chi connectivity index (χ1n) is 19.3. The number of likely N-dealkylation sites (tertiary alicyclic amines) is 1. The molecule has 1 atom stereocenters. The predicted octanol–water partition coefficient (Wildman–Crippen LogP) is 6.62. The van der Waals surface area contributed by atoms with E-state index in [1.807, 2.05) is 66.7 Å². The number of amides is 4. The van der Waals surface area contributed by atoms with E-state index in [1.54, 1.807) is 12.1 Å². The number of nitrogens with two attached hydrogens (primary N) is 2. The smallest absolute Gasteiger partial charge is 0.322 e. The zero-order valence-corrected chi connectivity index (χ0v) is 33.6. The van der Waals surface area contributed by atoms with Crippen molar-refractivity contribution in [1.29, 1.82) is 0 Å². The molecule has 4 amide bonds.